The number of carbonyl (C=O) groups is 1. The van der Waals surface area contributed by atoms with Crippen LogP contribution < -0.4 is 5.32 Å². The molecule has 2 rings (SSSR count). The molecule has 0 aromatic carbocycles. The van der Waals surface area contributed by atoms with E-state index in [2.05, 4.69) is 21.1 Å². The zero-order chi connectivity index (χ0) is 14.7. The van der Waals surface area contributed by atoms with Gasteiger partial charge in [-0.3, -0.25) is 4.79 Å². The molecule has 0 atom stereocenters. The Hall–Kier alpha value is -1.39. The minimum absolute atomic E-state index is 0.123. The highest BCUT2D eigenvalue weighted by Gasteiger charge is 2.11. The van der Waals surface area contributed by atoms with Gasteiger partial charge in [-0.1, -0.05) is 25.4 Å². The first-order valence-electron chi connectivity index (χ1n) is 6.44. The van der Waals surface area contributed by atoms with E-state index in [1.54, 1.807) is 23.5 Å². The van der Waals surface area contributed by atoms with Crippen LogP contribution in [0.25, 0.3) is 0 Å². The predicted molar refractivity (Wildman–Crippen MR) is 83.6 cm³/mol. The summed E-state index contributed by atoms with van der Waals surface area (Å²) >= 11 is 7.61. The first kappa shape index (κ1) is 15.0. The summed E-state index contributed by atoms with van der Waals surface area (Å²) in [6, 6.07) is 3.40. The maximum absolute atomic E-state index is 12.2. The van der Waals surface area contributed by atoms with E-state index in [4.69, 9.17) is 11.6 Å². The lowest BCUT2D eigenvalue weighted by Gasteiger charge is -2.09. The topological polar surface area (TPSA) is 42.0 Å². The SMILES string of the molecule is Cc1cscc1CNC(=O)c1cc(Cl)nc(C(C)C)c1. The van der Waals surface area contributed by atoms with E-state index in [1.165, 1.54) is 5.56 Å². The first-order valence-corrected chi connectivity index (χ1v) is 7.77. The number of aryl methyl sites for hydroxylation is 1. The van der Waals surface area contributed by atoms with Gasteiger partial charge in [-0.05, 0) is 46.9 Å². The number of aromatic nitrogens is 1. The van der Waals surface area contributed by atoms with Crippen LogP contribution in [0.1, 0.15) is 46.9 Å². The molecule has 1 N–H and O–H groups in total. The molecule has 3 nitrogen and oxygen atoms in total. The number of hydrogen-bond donors (Lipinski definition) is 1. The molecule has 0 aliphatic heterocycles. The molecule has 0 bridgehead atoms. The molecule has 2 aromatic rings. The molecule has 2 aromatic heterocycles. The molecule has 20 heavy (non-hydrogen) atoms. The van der Waals surface area contributed by atoms with Gasteiger partial charge in [0.2, 0.25) is 0 Å². The third-order valence-electron chi connectivity index (χ3n) is 3.07. The normalized spacial score (nSPS) is 10.8. The largest absolute Gasteiger partial charge is 0.348 e. The van der Waals surface area contributed by atoms with E-state index in [0.29, 0.717) is 17.3 Å². The van der Waals surface area contributed by atoms with Gasteiger partial charge in [0, 0.05) is 17.8 Å². The van der Waals surface area contributed by atoms with Gasteiger partial charge >= 0.3 is 0 Å². The lowest BCUT2D eigenvalue weighted by molar-refractivity contribution is 0.0950. The number of rotatable bonds is 4. The standard InChI is InChI=1S/C15H17ClN2OS/c1-9(2)13-4-11(5-14(16)18-13)15(19)17-6-12-8-20-7-10(12)3/h4-5,7-9H,6H2,1-3H3,(H,17,19). The van der Waals surface area contributed by atoms with Crippen LogP contribution in [0.3, 0.4) is 0 Å². The summed E-state index contributed by atoms with van der Waals surface area (Å²) in [6.07, 6.45) is 0. The van der Waals surface area contributed by atoms with Gasteiger partial charge in [-0.15, -0.1) is 0 Å². The van der Waals surface area contributed by atoms with Crippen molar-refractivity contribution >= 4 is 28.8 Å². The monoisotopic (exact) mass is 308 g/mol. The van der Waals surface area contributed by atoms with Crippen molar-refractivity contribution in [2.24, 2.45) is 0 Å². The molecular weight excluding hydrogens is 292 g/mol. The number of amides is 1. The summed E-state index contributed by atoms with van der Waals surface area (Å²) in [5.74, 6) is 0.112. The van der Waals surface area contributed by atoms with Crippen molar-refractivity contribution in [3.8, 4) is 0 Å². The Labute approximate surface area is 128 Å². The maximum atomic E-state index is 12.2. The zero-order valence-corrected chi connectivity index (χ0v) is 13.3. The summed E-state index contributed by atoms with van der Waals surface area (Å²) in [6.45, 7) is 6.62. The maximum Gasteiger partial charge on any atom is 0.251 e. The third kappa shape index (κ3) is 3.58. The van der Waals surface area contributed by atoms with Gasteiger partial charge in [0.15, 0.2) is 0 Å². The van der Waals surface area contributed by atoms with Crippen LogP contribution in [0.2, 0.25) is 5.15 Å². The number of carbonyl (C=O) groups excluding carboxylic acids is 1. The summed E-state index contributed by atoms with van der Waals surface area (Å²) in [7, 11) is 0. The Bertz CT molecular complexity index is 622. The van der Waals surface area contributed by atoms with Gasteiger partial charge in [0.1, 0.15) is 5.15 Å². The van der Waals surface area contributed by atoms with Gasteiger partial charge in [0.25, 0.3) is 5.91 Å². The molecule has 0 saturated carbocycles. The second-order valence-electron chi connectivity index (χ2n) is 5.02. The third-order valence-corrected chi connectivity index (χ3v) is 4.17. The molecule has 0 aliphatic carbocycles. The van der Waals surface area contributed by atoms with Gasteiger partial charge in [-0.2, -0.15) is 11.3 Å². The lowest BCUT2D eigenvalue weighted by Crippen LogP contribution is -2.23. The lowest BCUT2D eigenvalue weighted by atomic mass is 10.1. The summed E-state index contributed by atoms with van der Waals surface area (Å²) < 4.78 is 0. The fourth-order valence-corrected chi connectivity index (χ4v) is 2.86. The summed E-state index contributed by atoms with van der Waals surface area (Å²) in [5.41, 5.74) is 3.73. The molecule has 2 heterocycles. The number of pyridine rings is 1. The second kappa shape index (κ2) is 6.37. The van der Waals surface area contributed by atoms with Crippen LogP contribution in [0.15, 0.2) is 22.9 Å². The molecule has 0 saturated heterocycles. The van der Waals surface area contributed by atoms with E-state index in [-0.39, 0.29) is 11.8 Å². The van der Waals surface area contributed by atoms with E-state index in [1.807, 2.05) is 20.8 Å². The van der Waals surface area contributed by atoms with Crippen molar-refractivity contribution < 1.29 is 4.79 Å². The molecule has 0 fully saturated rings. The number of nitrogens with one attached hydrogen (secondary N) is 1. The number of halogens is 1. The molecule has 5 heteroatoms. The van der Waals surface area contributed by atoms with Crippen LogP contribution in [0.4, 0.5) is 0 Å². The minimum atomic E-state index is -0.123. The van der Waals surface area contributed by atoms with E-state index in [9.17, 15) is 4.79 Å². The fraction of sp³-hybridized carbons (Fsp3) is 0.333. The summed E-state index contributed by atoms with van der Waals surface area (Å²) in [4.78, 5) is 16.4. The van der Waals surface area contributed by atoms with Gasteiger partial charge < -0.3 is 5.32 Å². The number of nitrogens with zero attached hydrogens (tertiary/aromatic N) is 1. The van der Waals surface area contributed by atoms with Crippen molar-refractivity contribution in [3.63, 3.8) is 0 Å². The highest BCUT2D eigenvalue weighted by atomic mass is 35.5. The van der Waals surface area contributed by atoms with Crippen molar-refractivity contribution in [1.82, 2.24) is 10.3 Å². The molecule has 0 radical (unpaired) electrons. The predicted octanol–water partition coefficient (Wildman–Crippen LogP) is 4.16. The van der Waals surface area contributed by atoms with E-state index in [0.717, 1.165) is 11.3 Å². The first-order chi connectivity index (χ1) is 9.47. The van der Waals surface area contributed by atoms with Crippen molar-refractivity contribution in [1.29, 1.82) is 0 Å². The molecule has 1 amide bonds. The van der Waals surface area contributed by atoms with Gasteiger partial charge in [-0.25, -0.2) is 4.98 Å². The minimum Gasteiger partial charge on any atom is -0.348 e. The van der Waals surface area contributed by atoms with E-state index >= 15 is 0 Å². The Balaban J connectivity index is 2.11. The summed E-state index contributed by atoms with van der Waals surface area (Å²) in [5, 5.41) is 7.39. The Morgan fingerprint density at radius 1 is 1.40 bits per heavy atom. The smallest absolute Gasteiger partial charge is 0.251 e. The highest BCUT2D eigenvalue weighted by Crippen LogP contribution is 2.18. The van der Waals surface area contributed by atoms with Crippen molar-refractivity contribution in [2.75, 3.05) is 0 Å². The van der Waals surface area contributed by atoms with Crippen LogP contribution in [0, 0.1) is 6.92 Å². The molecule has 0 spiro atoms. The molecule has 0 aliphatic rings. The number of hydrogen-bond acceptors (Lipinski definition) is 3. The van der Waals surface area contributed by atoms with Crippen LogP contribution in [-0.4, -0.2) is 10.9 Å². The number of thiophene rings is 1. The quantitative estimate of drug-likeness (QED) is 0.862. The average Bonchev–Trinajstić information content (AvgIpc) is 2.80. The van der Waals surface area contributed by atoms with Crippen molar-refractivity contribution in [2.45, 2.75) is 33.2 Å². The Morgan fingerprint density at radius 2 is 2.15 bits per heavy atom. The molecule has 0 unspecified atom stereocenters. The fourth-order valence-electron chi connectivity index (χ4n) is 1.79. The Kier molecular flexibility index (Phi) is 4.78. The van der Waals surface area contributed by atoms with Gasteiger partial charge in [0.05, 0.1) is 0 Å². The van der Waals surface area contributed by atoms with E-state index < -0.39 is 0 Å². The zero-order valence-electron chi connectivity index (χ0n) is 11.7. The molecular formula is C15H17ClN2OS. The average molecular weight is 309 g/mol. The van der Waals surface area contributed by atoms with Crippen LogP contribution in [0.5, 0.6) is 0 Å². The van der Waals surface area contributed by atoms with Crippen molar-refractivity contribution in [3.05, 3.63) is 50.4 Å². The van der Waals surface area contributed by atoms with Crippen LogP contribution in [-0.2, 0) is 6.54 Å². The Morgan fingerprint density at radius 3 is 2.75 bits per heavy atom. The highest BCUT2D eigenvalue weighted by molar-refractivity contribution is 7.08. The van der Waals surface area contributed by atoms with Crippen LogP contribution >= 0.6 is 22.9 Å². The molecule has 106 valence electrons. The second-order valence-corrected chi connectivity index (χ2v) is 6.15.